The van der Waals surface area contributed by atoms with E-state index in [4.69, 9.17) is 23.2 Å². The summed E-state index contributed by atoms with van der Waals surface area (Å²) in [6.07, 6.45) is 5.50. The van der Waals surface area contributed by atoms with E-state index in [1.165, 1.54) is 11.1 Å². The minimum absolute atomic E-state index is 0.165. The quantitative estimate of drug-likeness (QED) is 0.687. The van der Waals surface area contributed by atoms with Gasteiger partial charge in [0.2, 0.25) is 0 Å². The van der Waals surface area contributed by atoms with Crippen molar-refractivity contribution in [2.45, 2.75) is 45.6 Å². The molecule has 1 amide bonds. The molecule has 2 heterocycles. The number of nitrogens with one attached hydrogen (secondary N) is 2. The SMILES string of the molecule is Cc1nc(NCC2CCC(NC(=O)c3cc(Cl)cnc3Cl)CC2)sc1C. The number of carbonyl (C=O) groups excluding carboxylic acids is 1. The van der Waals surface area contributed by atoms with Gasteiger partial charge in [-0.15, -0.1) is 11.3 Å². The predicted octanol–water partition coefficient (Wildman–Crippen LogP) is 4.86. The molecule has 0 unspecified atom stereocenters. The van der Waals surface area contributed by atoms with Crippen LogP contribution in [0.15, 0.2) is 12.3 Å². The smallest absolute Gasteiger partial charge is 0.254 e. The van der Waals surface area contributed by atoms with E-state index in [1.807, 2.05) is 6.92 Å². The van der Waals surface area contributed by atoms with Crippen molar-refractivity contribution >= 4 is 45.6 Å². The Kier molecular flexibility index (Phi) is 6.37. The summed E-state index contributed by atoms with van der Waals surface area (Å²) in [7, 11) is 0. The number of thiazole rings is 1. The highest BCUT2D eigenvalue weighted by Gasteiger charge is 2.24. The van der Waals surface area contributed by atoms with Gasteiger partial charge in [-0.2, -0.15) is 0 Å². The lowest BCUT2D eigenvalue weighted by molar-refractivity contribution is 0.0922. The van der Waals surface area contributed by atoms with E-state index in [0.29, 0.717) is 16.5 Å². The van der Waals surface area contributed by atoms with E-state index in [0.717, 1.165) is 43.1 Å². The topological polar surface area (TPSA) is 66.9 Å². The van der Waals surface area contributed by atoms with Gasteiger partial charge in [-0.3, -0.25) is 4.79 Å². The molecule has 140 valence electrons. The first-order valence-electron chi connectivity index (χ1n) is 8.72. The van der Waals surface area contributed by atoms with Crippen LogP contribution in [0.5, 0.6) is 0 Å². The molecule has 2 aromatic heterocycles. The molecule has 0 radical (unpaired) electrons. The molecular formula is C18H22Cl2N4OS. The summed E-state index contributed by atoms with van der Waals surface area (Å²) in [4.78, 5) is 22.1. The Morgan fingerprint density at radius 2 is 2.00 bits per heavy atom. The zero-order valence-electron chi connectivity index (χ0n) is 14.8. The summed E-state index contributed by atoms with van der Waals surface area (Å²) in [5.74, 6) is 0.393. The first kappa shape index (κ1) is 19.4. The molecule has 0 saturated heterocycles. The molecule has 2 aromatic rings. The number of rotatable bonds is 5. The molecule has 26 heavy (non-hydrogen) atoms. The van der Waals surface area contributed by atoms with Gasteiger partial charge in [0, 0.05) is 23.7 Å². The van der Waals surface area contributed by atoms with E-state index in [1.54, 1.807) is 17.4 Å². The number of pyridine rings is 1. The number of nitrogens with zero attached hydrogens (tertiary/aromatic N) is 2. The zero-order chi connectivity index (χ0) is 18.7. The van der Waals surface area contributed by atoms with E-state index in [9.17, 15) is 4.79 Å². The second-order valence-electron chi connectivity index (χ2n) is 6.72. The van der Waals surface area contributed by atoms with Gasteiger partial charge in [0.05, 0.1) is 16.3 Å². The van der Waals surface area contributed by atoms with E-state index in [-0.39, 0.29) is 17.1 Å². The fourth-order valence-corrected chi connectivity index (χ4v) is 4.30. The molecule has 1 aliphatic rings. The Morgan fingerprint density at radius 1 is 1.27 bits per heavy atom. The second kappa shape index (κ2) is 8.55. The first-order chi connectivity index (χ1) is 12.4. The van der Waals surface area contributed by atoms with Gasteiger partial charge in [-0.05, 0) is 51.5 Å². The normalized spacial score (nSPS) is 20.0. The molecule has 1 aliphatic carbocycles. The van der Waals surface area contributed by atoms with Gasteiger partial charge in [-0.25, -0.2) is 9.97 Å². The molecule has 0 aromatic carbocycles. The summed E-state index contributed by atoms with van der Waals surface area (Å²) in [6.45, 7) is 5.05. The van der Waals surface area contributed by atoms with Crippen molar-refractivity contribution in [1.82, 2.24) is 15.3 Å². The summed E-state index contributed by atoms with van der Waals surface area (Å²) in [5, 5.41) is 8.09. The number of aromatic nitrogens is 2. The highest BCUT2D eigenvalue weighted by atomic mass is 35.5. The number of carbonyl (C=O) groups is 1. The lowest BCUT2D eigenvalue weighted by atomic mass is 9.86. The van der Waals surface area contributed by atoms with Crippen LogP contribution in [-0.2, 0) is 0 Å². The third kappa shape index (κ3) is 4.87. The van der Waals surface area contributed by atoms with Crippen molar-refractivity contribution in [1.29, 1.82) is 0 Å². The minimum Gasteiger partial charge on any atom is -0.361 e. The zero-order valence-corrected chi connectivity index (χ0v) is 17.1. The van der Waals surface area contributed by atoms with Crippen LogP contribution in [0.25, 0.3) is 0 Å². The fraction of sp³-hybridized carbons (Fsp3) is 0.500. The Hall–Kier alpha value is -1.37. The van der Waals surface area contributed by atoms with Crippen LogP contribution in [0, 0.1) is 19.8 Å². The van der Waals surface area contributed by atoms with Gasteiger partial charge in [0.25, 0.3) is 5.91 Å². The second-order valence-corrected chi connectivity index (χ2v) is 8.72. The maximum Gasteiger partial charge on any atom is 0.254 e. The largest absolute Gasteiger partial charge is 0.361 e. The number of halogens is 2. The van der Waals surface area contributed by atoms with Crippen molar-refractivity contribution in [3.63, 3.8) is 0 Å². The third-order valence-corrected chi connectivity index (χ3v) is 6.34. The van der Waals surface area contributed by atoms with Gasteiger partial charge >= 0.3 is 0 Å². The third-order valence-electron chi connectivity index (χ3n) is 4.80. The highest BCUT2D eigenvalue weighted by molar-refractivity contribution is 7.15. The summed E-state index contributed by atoms with van der Waals surface area (Å²) >= 11 is 13.6. The van der Waals surface area contributed by atoms with E-state index in [2.05, 4.69) is 27.5 Å². The maximum absolute atomic E-state index is 12.4. The number of amides is 1. The molecule has 5 nitrogen and oxygen atoms in total. The van der Waals surface area contributed by atoms with Crippen LogP contribution >= 0.6 is 34.5 Å². The van der Waals surface area contributed by atoms with Gasteiger partial charge in [0.1, 0.15) is 5.15 Å². The Labute approximate surface area is 167 Å². The van der Waals surface area contributed by atoms with Gasteiger partial charge in [0.15, 0.2) is 5.13 Å². The van der Waals surface area contributed by atoms with Crippen molar-refractivity contribution in [3.05, 3.63) is 38.6 Å². The van der Waals surface area contributed by atoms with Crippen LogP contribution in [0.2, 0.25) is 10.2 Å². The molecule has 0 atom stereocenters. The van der Waals surface area contributed by atoms with E-state index < -0.39 is 0 Å². The van der Waals surface area contributed by atoms with Crippen molar-refractivity contribution in [2.75, 3.05) is 11.9 Å². The number of aryl methyl sites for hydroxylation is 2. The Bertz CT molecular complexity index is 768. The molecule has 1 saturated carbocycles. The molecule has 0 aliphatic heterocycles. The highest BCUT2D eigenvalue weighted by Crippen LogP contribution is 2.27. The lowest BCUT2D eigenvalue weighted by Gasteiger charge is -2.29. The Morgan fingerprint density at radius 3 is 2.65 bits per heavy atom. The first-order valence-corrected chi connectivity index (χ1v) is 10.3. The molecule has 1 fully saturated rings. The molecule has 0 bridgehead atoms. The number of hydrogen-bond donors (Lipinski definition) is 2. The maximum atomic E-state index is 12.4. The average molecular weight is 413 g/mol. The monoisotopic (exact) mass is 412 g/mol. The van der Waals surface area contributed by atoms with Crippen LogP contribution in [0.3, 0.4) is 0 Å². The standard InChI is InChI=1S/C18H22Cl2N4OS/c1-10-11(2)26-18(23-10)22-8-12-3-5-14(6-4-12)24-17(25)15-7-13(19)9-21-16(15)20/h7,9,12,14H,3-6,8H2,1-2H3,(H,22,23)(H,24,25). The summed E-state index contributed by atoms with van der Waals surface area (Å²) < 4.78 is 0. The Balaban J connectivity index is 1.46. The van der Waals surface area contributed by atoms with Crippen LogP contribution in [0.1, 0.15) is 46.6 Å². The molecule has 3 rings (SSSR count). The fourth-order valence-electron chi connectivity index (χ4n) is 3.14. The molecule has 2 N–H and O–H groups in total. The average Bonchev–Trinajstić information content (AvgIpc) is 2.94. The molecule has 0 spiro atoms. The van der Waals surface area contributed by atoms with Crippen LogP contribution in [-0.4, -0.2) is 28.5 Å². The molecular weight excluding hydrogens is 391 g/mol. The van der Waals surface area contributed by atoms with Crippen molar-refractivity contribution in [2.24, 2.45) is 5.92 Å². The van der Waals surface area contributed by atoms with E-state index >= 15 is 0 Å². The van der Waals surface area contributed by atoms with Gasteiger partial charge in [-0.1, -0.05) is 23.2 Å². The van der Waals surface area contributed by atoms with Crippen LogP contribution < -0.4 is 10.6 Å². The number of anilines is 1. The van der Waals surface area contributed by atoms with Crippen LogP contribution in [0.4, 0.5) is 5.13 Å². The van der Waals surface area contributed by atoms with Crippen molar-refractivity contribution < 1.29 is 4.79 Å². The minimum atomic E-state index is -0.208. The molecule has 8 heteroatoms. The number of hydrogen-bond acceptors (Lipinski definition) is 5. The summed E-state index contributed by atoms with van der Waals surface area (Å²) in [5.41, 5.74) is 1.43. The van der Waals surface area contributed by atoms with Crippen molar-refractivity contribution in [3.8, 4) is 0 Å². The predicted molar refractivity (Wildman–Crippen MR) is 108 cm³/mol. The lowest BCUT2D eigenvalue weighted by Crippen LogP contribution is -2.38. The van der Waals surface area contributed by atoms with Gasteiger partial charge < -0.3 is 10.6 Å². The summed E-state index contributed by atoms with van der Waals surface area (Å²) in [6, 6.07) is 1.72.